The van der Waals surface area contributed by atoms with Gasteiger partial charge >= 0.3 is 0 Å². The van der Waals surface area contributed by atoms with Gasteiger partial charge in [-0.2, -0.15) is 10.5 Å². The first-order valence-electron chi connectivity index (χ1n) is 8.56. The zero-order valence-electron chi connectivity index (χ0n) is 14.6. The van der Waals surface area contributed by atoms with Crippen molar-refractivity contribution in [1.82, 2.24) is 9.80 Å². The minimum atomic E-state index is -0.130. The first kappa shape index (κ1) is 18.8. The van der Waals surface area contributed by atoms with Crippen LogP contribution in [0.2, 0.25) is 0 Å². The normalized spacial score (nSPS) is 16.8. The van der Waals surface area contributed by atoms with E-state index in [0.717, 1.165) is 31.6 Å². The molecule has 0 aliphatic carbocycles. The van der Waals surface area contributed by atoms with Gasteiger partial charge in [0.05, 0.1) is 19.2 Å². The molecule has 132 valence electrons. The summed E-state index contributed by atoms with van der Waals surface area (Å²) in [5.41, 5.74) is 1.23. The zero-order valence-corrected chi connectivity index (χ0v) is 14.6. The number of ether oxygens (including phenoxy) is 1. The lowest BCUT2D eigenvalue weighted by Gasteiger charge is -2.25. The summed E-state index contributed by atoms with van der Waals surface area (Å²) in [5.74, 6) is 0.732. The van der Waals surface area contributed by atoms with Crippen LogP contribution in [0.5, 0.6) is 5.75 Å². The molecule has 6 heteroatoms. The van der Waals surface area contributed by atoms with Crippen molar-refractivity contribution in [3.05, 3.63) is 29.8 Å². The van der Waals surface area contributed by atoms with E-state index < -0.39 is 0 Å². The van der Waals surface area contributed by atoms with E-state index in [1.807, 2.05) is 24.3 Å². The zero-order chi connectivity index (χ0) is 18.1. The molecule has 0 N–H and O–H groups in total. The first-order chi connectivity index (χ1) is 12.2. The molecule has 1 aliphatic rings. The van der Waals surface area contributed by atoms with Crippen LogP contribution in [-0.4, -0.2) is 55.0 Å². The lowest BCUT2D eigenvalue weighted by atomic mass is 10.0. The SMILES string of the molecule is COc1cccc(C[C@@H]2CCCN2CCC(=O)N(CC#N)CC#N)c1. The van der Waals surface area contributed by atoms with E-state index in [-0.39, 0.29) is 19.0 Å². The van der Waals surface area contributed by atoms with E-state index in [4.69, 9.17) is 15.3 Å². The van der Waals surface area contributed by atoms with E-state index in [2.05, 4.69) is 17.0 Å². The number of nitrogens with zero attached hydrogens (tertiary/aromatic N) is 4. The van der Waals surface area contributed by atoms with Crippen LogP contribution in [0.15, 0.2) is 24.3 Å². The van der Waals surface area contributed by atoms with Gasteiger partial charge in [-0.05, 0) is 43.5 Å². The van der Waals surface area contributed by atoms with Gasteiger partial charge in [0.25, 0.3) is 0 Å². The van der Waals surface area contributed by atoms with Crippen molar-refractivity contribution in [1.29, 1.82) is 10.5 Å². The summed E-state index contributed by atoms with van der Waals surface area (Å²) in [6.07, 6.45) is 3.53. The first-order valence-corrected chi connectivity index (χ1v) is 8.56. The Balaban J connectivity index is 1.89. The largest absolute Gasteiger partial charge is 0.497 e. The Hall–Kier alpha value is -2.57. The van der Waals surface area contributed by atoms with E-state index in [9.17, 15) is 4.79 Å². The van der Waals surface area contributed by atoms with E-state index in [1.165, 1.54) is 10.5 Å². The third-order valence-electron chi connectivity index (χ3n) is 4.59. The van der Waals surface area contributed by atoms with Gasteiger partial charge in [0, 0.05) is 19.0 Å². The molecule has 1 aromatic carbocycles. The van der Waals surface area contributed by atoms with Crippen LogP contribution in [0.1, 0.15) is 24.8 Å². The van der Waals surface area contributed by atoms with Crippen molar-refractivity contribution in [2.45, 2.75) is 31.7 Å². The van der Waals surface area contributed by atoms with E-state index >= 15 is 0 Å². The number of hydrogen-bond acceptors (Lipinski definition) is 5. The van der Waals surface area contributed by atoms with Crippen molar-refractivity contribution in [2.24, 2.45) is 0 Å². The lowest BCUT2D eigenvalue weighted by Crippen LogP contribution is -2.37. The number of hydrogen-bond donors (Lipinski definition) is 0. The molecule has 1 fully saturated rings. The van der Waals surface area contributed by atoms with Crippen LogP contribution in [-0.2, 0) is 11.2 Å². The highest BCUT2D eigenvalue weighted by Crippen LogP contribution is 2.23. The summed E-state index contributed by atoms with van der Waals surface area (Å²) in [7, 11) is 1.67. The molecular formula is C19H24N4O2. The summed E-state index contributed by atoms with van der Waals surface area (Å²) >= 11 is 0. The van der Waals surface area contributed by atoms with Gasteiger partial charge in [-0.25, -0.2) is 0 Å². The molecule has 2 rings (SSSR count). The summed E-state index contributed by atoms with van der Waals surface area (Å²) in [6, 6.07) is 12.4. The van der Waals surface area contributed by atoms with Gasteiger partial charge in [0.15, 0.2) is 0 Å². The molecular weight excluding hydrogens is 316 g/mol. The third-order valence-corrected chi connectivity index (χ3v) is 4.59. The van der Waals surface area contributed by atoms with Crippen LogP contribution in [0.4, 0.5) is 0 Å². The average Bonchev–Trinajstić information content (AvgIpc) is 3.06. The van der Waals surface area contributed by atoms with Crippen LogP contribution in [0.25, 0.3) is 0 Å². The fraction of sp³-hybridized carbons (Fsp3) is 0.526. The molecule has 6 nitrogen and oxygen atoms in total. The number of methoxy groups -OCH3 is 1. The number of nitriles is 2. The van der Waals surface area contributed by atoms with E-state index in [1.54, 1.807) is 7.11 Å². The molecule has 1 heterocycles. The maximum atomic E-state index is 12.2. The second-order valence-electron chi connectivity index (χ2n) is 6.20. The molecule has 1 aromatic rings. The van der Waals surface area contributed by atoms with Gasteiger partial charge in [0.2, 0.25) is 5.91 Å². The fourth-order valence-electron chi connectivity index (χ4n) is 3.29. The van der Waals surface area contributed by atoms with Crippen molar-refractivity contribution < 1.29 is 9.53 Å². The lowest BCUT2D eigenvalue weighted by molar-refractivity contribution is -0.130. The van der Waals surface area contributed by atoms with Crippen molar-refractivity contribution in [2.75, 3.05) is 33.3 Å². The van der Waals surface area contributed by atoms with Crippen molar-refractivity contribution in [3.63, 3.8) is 0 Å². The molecule has 1 aliphatic heterocycles. The molecule has 0 saturated carbocycles. The number of carbonyl (C=O) groups excluding carboxylic acids is 1. The number of carbonyl (C=O) groups is 1. The predicted molar refractivity (Wildman–Crippen MR) is 93.7 cm³/mol. The topological polar surface area (TPSA) is 80.4 Å². The van der Waals surface area contributed by atoms with E-state index in [0.29, 0.717) is 19.0 Å². The van der Waals surface area contributed by atoms with Gasteiger partial charge in [0.1, 0.15) is 18.8 Å². The summed E-state index contributed by atoms with van der Waals surface area (Å²) in [6.45, 7) is 1.60. The molecule has 1 amide bonds. The van der Waals surface area contributed by atoms with Crippen molar-refractivity contribution in [3.8, 4) is 17.9 Å². The van der Waals surface area contributed by atoms with Crippen LogP contribution in [0, 0.1) is 22.7 Å². The second kappa shape index (κ2) is 9.66. The summed E-state index contributed by atoms with van der Waals surface area (Å²) in [4.78, 5) is 15.9. The Morgan fingerprint density at radius 3 is 2.80 bits per heavy atom. The molecule has 0 bridgehead atoms. The minimum absolute atomic E-state index is 0.0281. The smallest absolute Gasteiger partial charge is 0.225 e. The number of amides is 1. The molecule has 0 unspecified atom stereocenters. The molecule has 0 aromatic heterocycles. The maximum Gasteiger partial charge on any atom is 0.225 e. The summed E-state index contributed by atoms with van der Waals surface area (Å²) in [5, 5.41) is 17.5. The highest BCUT2D eigenvalue weighted by atomic mass is 16.5. The Morgan fingerprint density at radius 1 is 1.36 bits per heavy atom. The van der Waals surface area contributed by atoms with Gasteiger partial charge in [-0.3, -0.25) is 9.69 Å². The highest BCUT2D eigenvalue weighted by Gasteiger charge is 2.25. The molecule has 1 atom stereocenters. The number of benzene rings is 1. The van der Waals surface area contributed by atoms with Crippen molar-refractivity contribution >= 4 is 5.91 Å². The Morgan fingerprint density at radius 2 is 2.12 bits per heavy atom. The van der Waals surface area contributed by atoms with Crippen LogP contribution >= 0.6 is 0 Å². The number of rotatable bonds is 8. The second-order valence-corrected chi connectivity index (χ2v) is 6.20. The quantitative estimate of drug-likeness (QED) is 0.676. The molecule has 1 saturated heterocycles. The predicted octanol–water partition coefficient (Wildman–Crippen LogP) is 1.97. The fourth-order valence-corrected chi connectivity index (χ4v) is 3.29. The standard InChI is InChI=1S/C19H24N4O2/c1-25-18-6-2-4-16(15-18)14-17-5-3-10-22(17)11-7-19(24)23(12-8-20)13-9-21/h2,4,6,15,17H,3,5,7,10-14H2,1H3/t17-/m0/s1. The summed E-state index contributed by atoms with van der Waals surface area (Å²) < 4.78 is 5.28. The minimum Gasteiger partial charge on any atom is -0.497 e. The van der Waals surface area contributed by atoms with Crippen LogP contribution < -0.4 is 4.74 Å². The third kappa shape index (κ3) is 5.48. The molecule has 0 spiro atoms. The molecule has 25 heavy (non-hydrogen) atoms. The van der Waals surface area contributed by atoms with Gasteiger partial charge in [-0.15, -0.1) is 0 Å². The number of likely N-dealkylation sites (tertiary alicyclic amines) is 1. The highest BCUT2D eigenvalue weighted by molar-refractivity contribution is 5.76. The van der Waals surface area contributed by atoms with Gasteiger partial charge < -0.3 is 9.64 Å². The average molecular weight is 340 g/mol. The molecule has 0 radical (unpaired) electrons. The van der Waals surface area contributed by atoms with Crippen LogP contribution in [0.3, 0.4) is 0 Å². The Kier molecular flexibility index (Phi) is 7.25. The Bertz CT molecular complexity index is 646. The van der Waals surface area contributed by atoms with Gasteiger partial charge in [-0.1, -0.05) is 12.1 Å². The Labute approximate surface area is 149 Å². The monoisotopic (exact) mass is 340 g/mol. The maximum absolute atomic E-state index is 12.2.